The van der Waals surface area contributed by atoms with Gasteiger partial charge in [0.25, 0.3) is 0 Å². The molecule has 2 rings (SSSR count). The van der Waals surface area contributed by atoms with E-state index < -0.39 is 0 Å². The van der Waals surface area contributed by atoms with Crippen LogP contribution < -0.4 is 10.6 Å². The summed E-state index contributed by atoms with van der Waals surface area (Å²) in [5.41, 5.74) is 0.619. The fourth-order valence-electron chi connectivity index (χ4n) is 2.97. The third-order valence-corrected chi connectivity index (χ3v) is 4.47. The molecular formula is C19H33FIN5. The predicted molar refractivity (Wildman–Crippen MR) is 118 cm³/mol. The zero-order valence-corrected chi connectivity index (χ0v) is 18.3. The number of halogens is 2. The summed E-state index contributed by atoms with van der Waals surface area (Å²) in [7, 11) is 2.19. The van der Waals surface area contributed by atoms with E-state index in [-0.39, 0.29) is 29.8 Å². The first kappa shape index (κ1) is 23.1. The second-order valence-electron chi connectivity index (χ2n) is 6.57. The Morgan fingerprint density at radius 3 is 2.73 bits per heavy atom. The number of benzene rings is 1. The van der Waals surface area contributed by atoms with Crippen LogP contribution in [-0.2, 0) is 6.54 Å². The molecule has 0 radical (unpaired) electrons. The van der Waals surface area contributed by atoms with Crippen LogP contribution in [0.4, 0.5) is 4.39 Å². The number of guanidine groups is 1. The molecule has 0 aromatic heterocycles. The van der Waals surface area contributed by atoms with Gasteiger partial charge in [-0.05, 0) is 52.5 Å². The summed E-state index contributed by atoms with van der Waals surface area (Å²) in [6, 6.07) is 6.79. The SMILES string of the molecule is CCNC(=NCc1ccccc1F)NCCCN1CCCN(C)CC1.I. The number of hydrogen-bond donors (Lipinski definition) is 2. The lowest BCUT2D eigenvalue weighted by atomic mass is 10.2. The zero-order chi connectivity index (χ0) is 17.9. The summed E-state index contributed by atoms with van der Waals surface area (Å²) in [6.07, 6.45) is 2.32. The van der Waals surface area contributed by atoms with Crippen molar-refractivity contribution in [2.24, 2.45) is 4.99 Å². The van der Waals surface area contributed by atoms with E-state index in [4.69, 9.17) is 0 Å². The molecule has 26 heavy (non-hydrogen) atoms. The van der Waals surface area contributed by atoms with Crippen molar-refractivity contribution in [1.82, 2.24) is 20.4 Å². The van der Waals surface area contributed by atoms with E-state index in [9.17, 15) is 4.39 Å². The molecule has 0 atom stereocenters. The lowest BCUT2D eigenvalue weighted by molar-refractivity contribution is 0.274. The lowest BCUT2D eigenvalue weighted by Gasteiger charge is -2.20. The molecule has 0 bridgehead atoms. The number of aliphatic imine (C=N–C) groups is 1. The van der Waals surface area contributed by atoms with Crippen molar-refractivity contribution in [3.05, 3.63) is 35.6 Å². The Kier molecular flexibility index (Phi) is 11.8. The van der Waals surface area contributed by atoms with Gasteiger partial charge in [-0.15, -0.1) is 24.0 Å². The van der Waals surface area contributed by atoms with Gasteiger partial charge in [-0.2, -0.15) is 0 Å². The first-order chi connectivity index (χ1) is 12.2. The average molecular weight is 477 g/mol. The number of nitrogens with one attached hydrogen (secondary N) is 2. The highest BCUT2D eigenvalue weighted by molar-refractivity contribution is 14.0. The predicted octanol–water partition coefficient (Wildman–Crippen LogP) is 2.53. The van der Waals surface area contributed by atoms with Gasteiger partial charge in [-0.3, -0.25) is 0 Å². The van der Waals surface area contributed by atoms with E-state index in [1.807, 2.05) is 13.0 Å². The third-order valence-electron chi connectivity index (χ3n) is 4.47. The molecule has 0 saturated carbocycles. The fraction of sp³-hybridized carbons (Fsp3) is 0.632. The second kappa shape index (κ2) is 13.3. The molecular weight excluding hydrogens is 444 g/mol. The highest BCUT2D eigenvalue weighted by Crippen LogP contribution is 2.07. The zero-order valence-electron chi connectivity index (χ0n) is 16.0. The van der Waals surface area contributed by atoms with Crippen molar-refractivity contribution in [2.45, 2.75) is 26.3 Å². The number of hydrogen-bond acceptors (Lipinski definition) is 3. The van der Waals surface area contributed by atoms with Gasteiger partial charge in [0.15, 0.2) is 5.96 Å². The lowest BCUT2D eigenvalue weighted by Crippen LogP contribution is -2.39. The summed E-state index contributed by atoms with van der Waals surface area (Å²) in [4.78, 5) is 9.42. The number of rotatable bonds is 7. The largest absolute Gasteiger partial charge is 0.357 e. The van der Waals surface area contributed by atoms with Crippen molar-refractivity contribution in [3.8, 4) is 0 Å². The maximum absolute atomic E-state index is 13.7. The Hall–Kier alpha value is -0.930. The van der Waals surface area contributed by atoms with Crippen molar-refractivity contribution in [1.29, 1.82) is 0 Å². The van der Waals surface area contributed by atoms with Crippen LogP contribution in [-0.4, -0.2) is 68.6 Å². The molecule has 1 fully saturated rings. The molecule has 0 aliphatic carbocycles. The van der Waals surface area contributed by atoms with E-state index in [2.05, 4.69) is 32.5 Å². The van der Waals surface area contributed by atoms with Gasteiger partial charge in [0.1, 0.15) is 5.82 Å². The molecule has 1 aliphatic rings. The minimum absolute atomic E-state index is 0. The molecule has 148 valence electrons. The maximum atomic E-state index is 13.7. The Morgan fingerprint density at radius 2 is 1.96 bits per heavy atom. The highest BCUT2D eigenvalue weighted by Gasteiger charge is 2.11. The molecule has 7 heteroatoms. The van der Waals surface area contributed by atoms with Gasteiger partial charge in [0.2, 0.25) is 0 Å². The van der Waals surface area contributed by atoms with Crippen molar-refractivity contribution >= 4 is 29.9 Å². The first-order valence-corrected chi connectivity index (χ1v) is 9.35. The van der Waals surface area contributed by atoms with Crippen molar-refractivity contribution in [2.75, 3.05) is 52.9 Å². The first-order valence-electron chi connectivity index (χ1n) is 9.35. The molecule has 1 heterocycles. The van der Waals surface area contributed by atoms with Gasteiger partial charge >= 0.3 is 0 Å². The van der Waals surface area contributed by atoms with Gasteiger partial charge in [0, 0.05) is 31.7 Å². The quantitative estimate of drug-likeness (QED) is 0.274. The van der Waals surface area contributed by atoms with E-state index in [0.717, 1.165) is 45.1 Å². The minimum atomic E-state index is -0.201. The normalized spacial score (nSPS) is 16.7. The summed E-state index contributed by atoms with van der Waals surface area (Å²) < 4.78 is 13.7. The Labute approximate surface area is 174 Å². The van der Waals surface area contributed by atoms with E-state index >= 15 is 0 Å². The second-order valence-corrected chi connectivity index (χ2v) is 6.57. The Morgan fingerprint density at radius 1 is 1.15 bits per heavy atom. The van der Waals surface area contributed by atoms with Crippen LogP contribution in [0, 0.1) is 5.82 Å². The van der Waals surface area contributed by atoms with E-state index in [0.29, 0.717) is 12.1 Å². The van der Waals surface area contributed by atoms with Crippen LogP contribution in [0.5, 0.6) is 0 Å². The van der Waals surface area contributed by atoms with Crippen molar-refractivity contribution < 1.29 is 4.39 Å². The average Bonchev–Trinajstić information content (AvgIpc) is 2.82. The van der Waals surface area contributed by atoms with Gasteiger partial charge in [0.05, 0.1) is 6.54 Å². The van der Waals surface area contributed by atoms with E-state index in [1.165, 1.54) is 25.6 Å². The van der Waals surface area contributed by atoms with Gasteiger partial charge in [-0.1, -0.05) is 18.2 Å². The maximum Gasteiger partial charge on any atom is 0.191 e. The molecule has 0 spiro atoms. The van der Waals surface area contributed by atoms with E-state index in [1.54, 1.807) is 12.1 Å². The molecule has 1 aliphatic heterocycles. The van der Waals surface area contributed by atoms with Crippen LogP contribution in [0.15, 0.2) is 29.3 Å². The molecule has 0 amide bonds. The standard InChI is InChI=1S/C19H32FN5.HI/c1-3-21-19(23-16-17-8-4-5-9-18(17)20)22-10-6-12-25-13-7-11-24(2)14-15-25;/h4-5,8-9H,3,6-7,10-16H2,1-2H3,(H2,21,22,23);1H. The molecule has 1 aromatic carbocycles. The Balaban J connectivity index is 0.00000338. The Bertz CT molecular complexity index is 540. The summed E-state index contributed by atoms with van der Waals surface area (Å²) in [6.45, 7) is 9.84. The number of likely N-dealkylation sites (N-methyl/N-ethyl adjacent to an activating group) is 1. The molecule has 2 N–H and O–H groups in total. The van der Waals surface area contributed by atoms with Crippen LogP contribution in [0.2, 0.25) is 0 Å². The highest BCUT2D eigenvalue weighted by atomic mass is 127. The van der Waals surface area contributed by atoms with Crippen LogP contribution >= 0.6 is 24.0 Å². The van der Waals surface area contributed by atoms with Gasteiger partial charge in [-0.25, -0.2) is 9.38 Å². The van der Waals surface area contributed by atoms with Crippen molar-refractivity contribution in [3.63, 3.8) is 0 Å². The van der Waals surface area contributed by atoms with Crippen LogP contribution in [0.3, 0.4) is 0 Å². The van der Waals surface area contributed by atoms with Crippen LogP contribution in [0.25, 0.3) is 0 Å². The number of nitrogens with zero attached hydrogens (tertiary/aromatic N) is 3. The topological polar surface area (TPSA) is 42.9 Å². The summed E-state index contributed by atoms with van der Waals surface area (Å²) in [5.74, 6) is 0.551. The van der Waals surface area contributed by atoms with Crippen LogP contribution in [0.1, 0.15) is 25.3 Å². The molecule has 0 unspecified atom stereocenters. The third kappa shape index (κ3) is 8.64. The molecule has 5 nitrogen and oxygen atoms in total. The summed E-state index contributed by atoms with van der Waals surface area (Å²) in [5, 5.41) is 6.58. The summed E-state index contributed by atoms with van der Waals surface area (Å²) >= 11 is 0. The fourth-order valence-corrected chi connectivity index (χ4v) is 2.97. The monoisotopic (exact) mass is 477 g/mol. The molecule has 1 aromatic rings. The molecule has 1 saturated heterocycles. The smallest absolute Gasteiger partial charge is 0.191 e. The minimum Gasteiger partial charge on any atom is -0.357 e. The van der Waals surface area contributed by atoms with Gasteiger partial charge < -0.3 is 20.4 Å².